The zero-order chi connectivity index (χ0) is 29.9. The van der Waals surface area contributed by atoms with Gasteiger partial charge >= 0.3 is 0 Å². The van der Waals surface area contributed by atoms with Crippen molar-refractivity contribution in [2.75, 3.05) is 0 Å². The molecule has 2 heterocycles. The summed E-state index contributed by atoms with van der Waals surface area (Å²) in [5.74, 6) is 0. The molecule has 2 nitrogen and oxygen atoms in total. The Kier molecular flexibility index (Phi) is 4.82. The minimum absolute atomic E-state index is 0.136. The van der Waals surface area contributed by atoms with Crippen molar-refractivity contribution >= 4 is 54.6 Å². The Balaban J connectivity index is 1.07. The van der Waals surface area contributed by atoms with Crippen molar-refractivity contribution in [3.8, 4) is 33.4 Å². The average molecular weight is 577 g/mol. The summed E-state index contributed by atoms with van der Waals surface area (Å²) in [4.78, 5) is 0. The minimum Gasteiger partial charge on any atom is -0.456 e. The molecular formula is C43H28O2. The molecule has 0 fully saturated rings. The lowest BCUT2D eigenvalue weighted by atomic mass is 9.79. The minimum atomic E-state index is -0.136. The first-order valence-electron chi connectivity index (χ1n) is 15.6. The first-order valence-corrected chi connectivity index (χ1v) is 15.6. The number of benzene rings is 7. The fourth-order valence-electron chi connectivity index (χ4n) is 7.83. The second kappa shape index (κ2) is 8.74. The van der Waals surface area contributed by atoms with Crippen LogP contribution in [-0.2, 0) is 5.41 Å². The third-order valence-electron chi connectivity index (χ3n) is 10.0. The molecule has 1 aliphatic carbocycles. The SMILES string of the molecule is CC1(C)c2cc(-c3ccc4oc5ccccc5c4c3)ccc2-c2ccc3cc(-c4ccc5oc6ccccc6c5c4)ccc3c21. The van der Waals surface area contributed by atoms with Gasteiger partial charge in [0.1, 0.15) is 22.3 Å². The molecule has 0 aliphatic heterocycles. The van der Waals surface area contributed by atoms with Gasteiger partial charge in [-0.3, -0.25) is 0 Å². The smallest absolute Gasteiger partial charge is 0.135 e. The Morgan fingerprint density at radius 1 is 0.400 bits per heavy atom. The Hall–Kier alpha value is -5.60. The molecule has 45 heavy (non-hydrogen) atoms. The maximum atomic E-state index is 6.10. The van der Waals surface area contributed by atoms with E-state index < -0.39 is 0 Å². The van der Waals surface area contributed by atoms with Crippen LogP contribution in [0.25, 0.3) is 88.0 Å². The molecular weight excluding hydrogens is 548 g/mol. The maximum Gasteiger partial charge on any atom is 0.135 e. The first kappa shape index (κ1) is 24.8. The van der Waals surface area contributed by atoms with Crippen LogP contribution in [0.5, 0.6) is 0 Å². The van der Waals surface area contributed by atoms with Gasteiger partial charge in [-0.05, 0) is 104 Å². The second-order valence-corrected chi connectivity index (χ2v) is 12.9. The number of fused-ring (bicyclic) bond motifs is 11. The van der Waals surface area contributed by atoms with Gasteiger partial charge in [-0.2, -0.15) is 0 Å². The quantitative estimate of drug-likeness (QED) is 0.205. The summed E-state index contributed by atoms with van der Waals surface area (Å²) in [5.41, 5.74) is 13.9. The van der Waals surface area contributed by atoms with Crippen LogP contribution >= 0.6 is 0 Å². The fourth-order valence-corrected chi connectivity index (χ4v) is 7.83. The molecule has 0 unspecified atom stereocenters. The van der Waals surface area contributed by atoms with E-state index in [0.717, 1.165) is 43.9 Å². The molecule has 0 saturated heterocycles. The molecule has 0 bridgehead atoms. The van der Waals surface area contributed by atoms with Gasteiger partial charge in [0.05, 0.1) is 0 Å². The van der Waals surface area contributed by atoms with E-state index >= 15 is 0 Å². The van der Waals surface area contributed by atoms with Gasteiger partial charge in [0.25, 0.3) is 0 Å². The van der Waals surface area contributed by atoms with Crippen LogP contribution in [-0.4, -0.2) is 0 Å². The highest BCUT2D eigenvalue weighted by molar-refractivity contribution is 6.08. The van der Waals surface area contributed by atoms with Gasteiger partial charge in [0.15, 0.2) is 0 Å². The molecule has 2 aromatic heterocycles. The molecule has 2 heteroatoms. The Bertz CT molecular complexity index is 2680. The highest BCUT2D eigenvalue weighted by Crippen LogP contribution is 2.52. The van der Waals surface area contributed by atoms with Crippen molar-refractivity contribution in [3.63, 3.8) is 0 Å². The molecule has 7 aromatic carbocycles. The molecule has 0 N–H and O–H groups in total. The van der Waals surface area contributed by atoms with Crippen LogP contribution in [0.1, 0.15) is 25.0 Å². The molecule has 0 radical (unpaired) electrons. The number of furan rings is 2. The molecule has 0 amide bonds. The normalized spacial score (nSPS) is 13.7. The zero-order valence-electron chi connectivity index (χ0n) is 25.0. The van der Waals surface area contributed by atoms with Crippen molar-refractivity contribution in [2.45, 2.75) is 19.3 Å². The molecule has 0 spiro atoms. The van der Waals surface area contributed by atoms with Crippen molar-refractivity contribution in [2.24, 2.45) is 0 Å². The topological polar surface area (TPSA) is 26.3 Å². The van der Waals surface area contributed by atoms with Gasteiger partial charge in [-0.15, -0.1) is 0 Å². The summed E-state index contributed by atoms with van der Waals surface area (Å²) in [6.45, 7) is 4.75. The van der Waals surface area contributed by atoms with Gasteiger partial charge in [-0.25, -0.2) is 0 Å². The zero-order valence-corrected chi connectivity index (χ0v) is 25.0. The van der Waals surface area contributed by atoms with E-state index in [0.29, 0.717) is 0 Å². The number of hydrogen-bond donors (Lipinski definition) is 0. The predicted molar refractivity (Wildman–Crippen MR) is 187 cm³/mol. The standard InChI is InChI=1S/C43H28O2/c1-43(2)37-24-28(27-15-20-41-36(23-27)33-8-4-6-10-39(33)45-41)12-17-31(37)34-18-13-29-21-25(11-16-30(29)42(34)43)26-14-19-40-35(22-26)32-7-3-5-9-38(32)44-40/h3-24H,1-2H3. The van der Waals surface area contributed by atoms with Crippen LogP contribution in [0.4, 0.5) is 0 Å². The van der Waals surface area contributed by atoms with E-state index in [1.807, 2.05) is 24.3 Å². The highest BCUT2D eigenvalue weighted by Gasteiger charge is 2.37. The second-order valence-electron chi connectivity index (χ2n) is 12.9. The number of para-hydroxylation sites is 2. The van der Waals surface area contributed by atoms with Crippen molar-refractivity contribution in [1.82, 2.24) is 0 Å². The summed E-state index contributed by atoms with van der Waals surface area (Å²) >= 11 is 0. The van der Waals surface area contributed by atoms with Gasteiger partial charge in [0.2, 0.25) is 0 Å². The van der Waals surface area contributed by atoms with E-state index in [2.05, 4.69) is 123 Å². The summed E-state index contributed by atoms with van der Waals surface area (Å²) in [7, 11) is 0. The van der Waals surface area contributed by atoms with Gasteiger partial charge in [-0.1, -0.05) is 98.8 Å². The molecule has 1 aliphatic rings. The van der Waals surface area contributed by atoms with E-state index in [1.165, 1.54) is 55.3 Å². The maximum absolute atomic E-state index is 6.10. The van der Waals surface area contributed by atoms with E-state index in [9.17, 15) is 0 Å². The van der Waals surface area contributed by atoms with Crippen LogP contribution in [0.2, 0.25) is 0 Å². The van der Waals surface area contributed by atoms with Crippen LogP contribution in [0.15, 0.2) is 142 Å². The monoisotopic (exact) mass is 576 g/mol. The van der Waals surface area contributed by atoms with Crippen molar-refractivity contribution < 1.29 is 8.83 Å². The molecule has 0 atom stereocenters. The largest absolute Gasteiger partial charge is 0.456 e. The molecule has 212 valence electrons. The van der Waals surface area contributed by atoms with E-state index in [4.69, 9.17) is 8.83 Å². The third kappa shape index (κ3) is 3.45. The van der Waals surface area contributed by atoms with Crippen LogP contribution in [0.3, 0.4) is 0 Å². The lowest BCUT2D eigenvalue weighted by molar-refractivity contribution is 0.666. The van der Waals surface area contributed by atoms with Crippen molar-refractivity contribution in [1.29, 1.82) is 0 Å². The number of hydrogen-bond acceptors (Lipinski definition) is 2. The number of rotatable bonds is 2. The predicted octanol–water partition coefficient (Wildman–Crippen LogP) is 12.3. The van der Waals surface area contributed by atoms with Crippen molar-refractivity contribution in [3.05, 3.63) is 145 Å². The third-order valence-corrected chi connectivity index (χ3v) is 10.0. The first-order chi connectivity index (χ1) is 22.0. The Labute approximate surface area is 260 Å². The Morgan fingerprint density at radius 2 is 0.911 bits per heavy atom. The van der Waals surface area contributed by atoms with Gasteiger partial charge in [0, 0.05) is 27.0 Å². The van der Waals surface area contributed by atoms with E-state index in [1.54, 1.807) is 0 Å². The van der Waals surface area contributed by atoms with Crippen LogP contribution in [0, 0.1) is 0 Å². The summed E-state index contributed by atoms with van der Waals surface area (Å²) in [6, 6.07) is 48.2. The molecule has 10 rings (SSSR count). The Morgan fingerprint density at radius 3 is 1.58 bits per heavy atom. The van der Waals surface area contributed by atoms with E-state index in [-0.39, 0.29) is 5.41 Å². The summed E-state index contributed by atoms with van der Waals surface area (Å²) in [6.07, 6.45) is 0. The molecule has 0 saturated carbocycles. The van der Waals surface area contributed by atoms with Gasteiger partial charge < -0.3 is 8.83 Å². The lowest BCUT2D eigenvalue weighted by Crippen LogP contribution is -2.15. The lowest BCUT2D eigenvalue weighted by Gasteiger charge is -2.24. The molecule has 9 aromatic rings. The van der Waals surface area contributed by atoms with Crippen LogP contribution < -0.4 is 0 Å². The fraction of sp³-hybridized carbons (Fsp3) is 0.0698. The highest BCUT2D eigenvalue weighted by atomic mass is 16.3. The summed E-state index contributed by atoms with van der Waals surface area (Å²) < 4.78 is 12.2. The average Bonchev–Trinajstić information content (AvgIpc) is 3.71. The summed E-state index contributed by atoms with van der Waals surface area (Å²) in [5, 5.41) is 7.22.